The van der Waals surface area contributed by atoms with Crippen molar-refractivity contribution in [2.75, 3.05) is 5.32 Å². The van der Waals surface area contributed by atoms with Crippen LogP contribution in [0.2, 0.25) is 0 Å². The minimum absolute atomic E-state index is 0.0243. The van der Waals surface area contributed by atoms with E-state index in [0.717, 1.165) is 11.3 Å². The number of benzene rings is 2. The second kappa shape index (κ2) is 8.67. The zero-order valence-corrected chi connectivity index (χ0v) is 19.2. The van der Waals surface area contributed by atoms with E-state index in [-0.39, 0.29) is 41.4 Å². The number of nitro groups is 2. The van der Waals surface area contributed by atoms with E-state index in [1.165, 1.54) is 36.4 Å². The third-order valence-corrected chi connectivity index (χ3v) is 7.36. The monoisotopic (exact) mass is 490 g/mol. The molecular weight excluding hydrogens is 468 g/mol. The third kappa shape index (κ3) is 3.82. The van der Waals surface area contributed by atoms with Crippen molar-refractivity contribution < 1.29 is 24.2 Å². The van der Waals surface area contributed by atoms with Crippen molar-refractivity contribution >= 4 is 34.8 Å². The van der Waals surface area contributed by atoms with E-state index >= 15 is 0 Å². The number of nitro benzene ring substituents is 2. The molecule has 1 saturated heterocycles. The van der Waals surface area contributed by atoms with Crippen molar-refractivity contribution in [3.63, 3.8) is 0 Å². The van der Waals surface area contributed by atoms with Crippen LogP contribution in [0.15, 0.2) is 54.6 Å². The predicted octanol–water partition coefficient (Wildman–Crippen LogP) is 3.69. The smallest absolute Gasteiger partial charge is 0.269 e. The Labute approximate surface area is 205 Å². The van der Waals surface area contributed by atoms with Gasteiger partial charge in [-0.15, -0.1) is 0 Å². The lowest BCUT2D eigenvalue weighted by Gasteiger charge is -2.28. The molecule has 2 aliphatic carbocycles. The number of aryl methyl sites for hydroxylation is 1. The number of anilines is 1. The van der Waals surface area contributed by atoms with Crippen LogP contribution >= 0.6 is 0 Å². The molecule has 0 spiro atoms. The van der Waals surface area contributed by atoms with Gasteiger partial charge in [-0.1, -0.05) is 24.3 Å². The van der Waals surface area contributed by atoms with Crippen LogP contribution in [0.4, 0.5) is 17.1 Å². The average Bonchev–Trinajstić information content (AvgIpc) is 3.53. The van der Waals surface area contributed by atoms with Crippen LogP contribution in [0.1, 0.15) is 30.0 Å². The van der Waals surface area contributed by atoms with E-state index in [1.807, 2.05) is 12.2 Å². The van der Waals surface area contributed by atoms with Gasteiger partial charge in [0.15, 0.2) is 0 Å². The van der Waals surface area contributed by atoms with Crippen molar-refractivity contribution in [1.82, 2.24) is 4.90 Å². The van der Waals surface area contributed by atoms with Crippen LogP contribution in [0.3, 0.4) is 0 Å². The molecule has 2 fully saturated rings. The van der Waals surface area contributed by atoms with Crippen LogP contribution in [0, 0.1) is 50.8 Å². The van der Waals surface area contributed by atoms with Crippen LogP contribution in [0.5, 0.6) is 0 Å². The van der Waals surface area contributed by atoms with Crippen molar-refractivity contribution in [1.29, 1.82) is 0 Å². The maximum Gasteiger partial charge on any atom is 0.269 e. The normalized spacial score (nSPS) is 24.6. The van der Waals surface area contributed by atoms with Crippen molar-refractivity contribution in [3.8, 4) is 0 Å². The highest BCUT2D eigenvalue weighted by atomic mass is 16.6. The van der Waals surface area contributed by atoms with Crippen molar-refractivity contribution in [2.24, 2.45) is 23.7 Å². The Hall–Kier alpha value is -4.41. The van der Waals surface area contributed by atoms with E-state index in [0.29, 0.717) is 16.8 Å². The number of non-ortho nitro benzene ring substituents is 2. The van der Waals surface area contributed by atoms with Gasteiger partial charge in [0.25, 0.3) is 11.4 Å². The Bertz CT molecular complexity index is 1320. The molecule has 3 aliphatic rings. The molecule has 5 rings (SSSR count). The summed E-state index contributed by atoms with van der Waals surface area (Å²) in [7, 11) is 0. The molecule has 5 atom stereocenters. The molecule has 2 aromatic carbocycles. The number of likely N-dealkylation sites (tertiary alicyclic amines) is 1. The van der Waals surface area contributed by atoms with E-state index < -0.39 is 33.6 Å². The summed E-state index contributed by atoms with van der Waals surface area (Å²) < 4.78 is 0. The Morgan fingerprint density at radius 3 is 2.19 bits per heavy atom. The summed E-state index contributed by atoms with van der Waals surface area (Å²) in [5.41, 5.74) is 0.784. The number of hydrogen-bond donors (Lipinski definition) is 1. The molecule has 2 aromatic rings. The van der Waals surface area contributed by atoms with Crippen LogP contribution in [-0.2, 0) is 14.4 Å². The maximum atomic E-state index is 13.5. The van der Waals surface area contributed by atoms with E-state index in [2.05, 4.69) is 5.32 Å². The van der Waals surface area contributed by atoms with Gasteiger partial charge in [-0.05, 0) is 42.4 Å². The van der Waals surface area contributed by atoms with Gasteiger partial charge in [-0.25, -0.2) is 0 Å². The summed E-state index contributed by atoms with van der Waals surface area (Å²) in [5, 5.41) is 25.1. The van der Waals surface area contributed by atoms with Crippen molar-refractivity contribution in [2.45, 2.75) is 25.8 Å². The maximum absolute atomic E-state index is 13.5. The van der Waals surface area contributed by atoms with Gasteiger partial charge in [-0.2, -0.15) is 0 Å². The molecule has 11 nitrogen and oxygen atoms in total. The highest BCUT2D eigenvalue weighted by Gasteiger charge is 2.60. The first-order valence-electron chi connectivity index (χ1n) is 11.5. The molecule has 36 heavy (non-hydrogen) atoms. The van der Waals surface area contributed by atoms with E-state index in [4.69, 9.17) is 0 Å². The van der Waals surface area contributed by atoms with Gasteiger partial charge in [0.05, 0.1) is 34.1 Å². The molecule has 11 heteroatoms. The Balaban J connectivity index is 1.46. The Morgan fingerprint density at radius 2 is 1.61 bits per heavy atom. The zero-order valence-electron chi connectivity index (χ0n) is 19.2. The van der Waals surface area contributed by atoms with Gasteiger partial charge < -0.3 is 5.32 Å². The molecule has 3 amide bonds. The quantitative estimate of drug-likeness (QED) is 0.269. The fraction of sp³-hybridized carbons (Fsp3) is 0.320. The molecule has 184 valence electrons. The Kier molecular flexibility index (Phi) is 5.62. The fourth-order valence-electron chi connectivity index (χ4n) is 5.71. The summed E-state index contributed by atoms with van der Waals surface area (Å²) in [6.45, 7) is 1.61. The molecule has 5 unspecified atom stereocenters. The largest absolute Gasteiger partial charge is 0.326 e. The SMILES string of the molecule is Cc1cc([N+](=O)[O-])ccc1NC(=O)CC(c1cccc([N+](=O)[O-])c1)N1C(=O)C2C3C=CC(C3)C2C1=O. The number of hydrogen-bond acceptors (Lipinski definition) is 7. The highest BCUT2D eigenvalue weighted by molar-refractivity contribution is 6.07. The van der Waals surface area contributed by atoms with E-state index in [1.54, 1.807) is 13.0 Å². The summed E-state index contributed by atoms with van der Waals surface area (Å²) in [4.78, 5) is 62.4. The lowest BCUT2D eigenvalue weighted by molar-refractivity contribution is -0.385. The predicted molar refractivity (Wildman–Crippen MR) is 126 cm³/mol. The molecule has 2 bridgehead atoms. The summed E-state index contributed by atoms with van der Waals surface area (Å²) >= 11 is 0. The van der Waals surface area contributed by atoms with Crippen molar-refractivity contribution in [3.05, 3.63) is 86.0 Å². The van der Waals surface area contributed by atoms with Gasteiger partial charge in [0, 0.05) is 30.0 Å². The Morgan fingerprint density at radius 1 is 1.00 bits per heavy atom. The molecule has 1 saturated carbocycles. The number of nitrogens with zero attached hydrogens (tertiary/aromatic N) is 3. The topological polar surface area (TPSA) is 153 Å². The first-order valence-corrected chi connectivity index (χ1v) is 11.5. The number of carbonyl (C=O) groups excluding carboxylic acids is 3. The number of allylic oxidation sites excluding steroid dienone is 2. The molecule has 1 heterocycles. The minimum atomic E-state index is -1.03. The second-order valence-corrected chi connectivity index (χ2v) is 9.42. The highest BCUT2D eigenvalue weighted by Crippen LogP contribution is 2.54. The first-order chi connectivity index (χ1) is 17.2. The fourth-order valence-corrected chi connectivity index (χ4v) is 5.71. The third-order valence-electron chi connectivity index (χ3n) is 7.36. The van der Waals surface area contributed by atoms with E-state index in [9.17, 15) is 34.6 Å². The number of nitrogens with one attached hydrogen (secondary N) is 1. The summed E-state index contributed by atoms with van der Waals surface area (Å²) in [6, 6.07) is 8.55. The lowest BCUT2D eigenvalue weighted by Crippen LogP contribution is -2.38. The number of imide groups is 1. The average molecular weight is 490 g/mol. The molecule has 1 aliphatic heterocycles. The van der Waals surface area contributed by atoms with Crippen LogP contribution in [-0.4, -0.2) is 32.5 Å². The number of carbonyl (C=O) groups is 3. The van der Waals surface area contributed by atoms with Crippen LogP contribution < -0.4 is 5.32 Å². The van der Waals surface area contributed by atoms with Gasteiger partial charge in [0.1, 0.15) is 0 Å². The summed E-state index contributed by atoms with van der Waals surface area (Å²) in [6.07, 6.45) is 4.36. The first kappa shape index (κ1) is 23.3. The number of fused-ring (bicyclic) bond motifs is 5. The van der Waals surface area contributed by atoms with Crippen LogP contribution in [0.25, 0.3) is 0 Å². The van der Waals surface area contributed by atoms with Gasteiger partial charge in [-0.3, -0.25) is 39.5 Å². The standard InChI is InChI=1S/C25H22N4O7/c1-13-9-18(29(35)36)7-8-19(13)26-21(30)12-20(14-3-2-4-17(11-14)28(33)34)27-24(31)22-15-5-6-16(10-15)23(22)25(27)32/h2-9,11,15-16,20,22-23H,10,12H2,1H3,(H,26,30). The second-order valence-electron chi connectivity index (χ2n) is 9.42. The zero-order chi connectivity index (χ0) is 25.7. The molecule has 0 radical (unpaired) electrons. The molecular formula is C25H22N4O7. The van der Waals surface area contributed by atoms with Gasteiger partial charge in [0.2, 0.25) is 17.7 Å². The van der Waals surface area contributed by atoms with Gasteiger partial charge >= 0.3 is 0 Å². The molecule has 0 aromatic heterocycles. The number of rotatable bonds is 7. The minimum Gasteiger partial charge on any atom is -0.326 e. The summed E-state index contributed by atoms with van der Waals surface area (Å²) in [5.74, 6) is -2.27. The lowest BCUT2D eigenvalue weighted by atomic mass is 9.85. The molecule has 1 N–H and O–H groups in total. The number of amides is 3.